The first-order valence-corrected chi connectivity index (χ1v) is 7.80. The summed E-state index contributed by atoms with van der Waals surface area (Å²) in [6, 6.07) is 8.56. The Morgan fingerprint density at radius 1 is 1.24 bits per heavy atom. The fourth-order valence-corrected chi connectivity index (χ4v) is 2.91. The van der Waals surface area contributed by atoms with Gasteiger partial charge in [-0.3, -0.25) is 4.79 Å². The molecule has 1 aliphatic rings. The standard InChI is InChI=1S/C17H27N3O/c1-5-18-17(3,4)16(21)20-11-9-19(10-12-20)15-8-6-7-14(2)13-15/h6-8,13,18H,5,9-12H2,1-4H3. The smallest absolute Gasteiger partial charge is 0.242 e. The van der Waals surface area contributed by atoms with Gasteiger partial charge in [0.1, 0.15) is 0 Å². The molecular formula is C17H27N3O. The van der Waals surface area contributed by atoms with E-state index in [1.165, 1.54) is 11.3 Å². The zero-order chi connectivity index (χ0) is 15.5. The maximum Gasteiger partial charge on any atom is 0.242 e. The lowest BCUT2D eigenvalue weighted by Gasteiger charge is -2.39. The van der Waals surface area contributed by atoms with Crippen molar-refractivity contribution in [1.82, 2.24) is 10.2 Å². The Morgan fingerprint density at radius 3 is 2.48 bits per heavy atom. The molecule has 4 nitrogen and oxygen atoms in total. The molecule has 116 valence electrons. The molecule has 1 aromatic rings. The first-order chi connectivity index (χ1) is 9.94. The summed E-state index contributed by atoms with van der Waals surface area (Å²) in [7, 11) is 0. The van der Waals surface area contributed by atoms with Gasteiger partial charge in [0, 0.05) is 31.9 Å². The molecule has 0 spiro atoms. The van der Waals surface area contributed by atoms with Crippen LogP contribution in [0.15, 0.2) is 24.3 Å². The molecule has 0 atom stereocenters. The lowest BCUT2D eigenvalue weighted by atomic mass is 10.0. The Hall–Kier alpha value is -1.55. The van der Waals surface area contributed by atoms with Gasteiger partial charge >= 0.3 is 0 Å². The highest BCUT2D eigenvalue weighted by atomic mass is 16.2. The second kappa shape index (κ2) is 6.48. The SMILES string of the molecule is CCNC(C)(C)C(=O)N1CCN(c2cccc(C)c2)CC1. The van der Waals surface area contributed by atoms with E-state index in [2.05, 4.69) is 41.4 Å². The number of carbonyl (C=O) groups excluding carboxylic acids is 1. The molecule has 1 saturated heterocycles. The fourth-order valence-electron chi connectivity index (χ4n) is 2.91. The number of benzene rings is 1. The zero-order valence-corrected chi connectivity index (χ0v) is 13.6. The molecule has 21 heavy (non-hydrogen) atoms. The zero-order valence-electron chi connectivity index (χ0n) is 13.6. The Kier molecular flexibility index (Phi) is 4.88. The first kappa shape index (κ1) is 15.8. The normalized spacial score (nSPS) is 16.2. The Morgan fingerprint density at radius 2 is 1.90 bits per heavy atom. The molecule has 1 fully saturated rings. The molecule has 0 aliphatic carbocycles. The maximum absolute atomic E-state index is 12.6. The largest absolute Gasteiger partial charge is 0.368 e. The summed E-state index contributed by atoms with van der Waals surface area (Å²) >= 11 is 0. The van der Waals surface area contributed by atoms with Crippen LogP contribution in [0.4, 0.5) is 5.69 Å². The summed E-state index contributed by atoms with van der Waals surface area (Å²) in [5.74, 6) is 0.202. The van der Waals surface area contributed by atoms with Gasteiger partial charge in [-0.2, -0.15) is 0 Å². The van der Waals surface area contributed by atoms with Crippen LogP contribution in [0.1, 0.15) is 26.3 Å². The van der Waals surface area contributed by atoms with Crippen molar-refractivity contribution in [3.05, 3.63) is 29.8 Å². The van der Waals surface area contributed by atoms with Crippen molar-refractivity contribution >= 4 is 11.6 Å². The van der Waals surface area contributed by atoms with Crippen molar-refractivity contribution in [2.75, 3.05) is 37.6 Å². The summed E-state index contributed by atoms with van der Waals surface area (Å²) in [6.45, 7) is 12.3. The minimum Gasteiger partial charge on any atom is -0.368 e. The molecule has 1 aliphatic heterocycles. The van der Waals surface area contributed by atoms with Crippen molar-refractivity contribution in [3.63, 3.8) is 0 Å². The van der Waals surface area contributed by atoms with Crippen molar-refractivity contribution in [2.24, 2.45) is 0 Å². The number of hydrogen-bond acceptors (Lipinski definition) is 3. The van der Waals surface area contributed by atoms with Gasteiger partial charge in [-0.1, -0.05) is 19.1 Å². The minimum atomic E-state index is -0.472. The van der Waals surface area contributed by atoms with E-state index < -0.39 is 5.54 Å². The summed E-state index contributed by atoms with van der Waals surface area (Å²) in [5.41, 5.74) is 2.06. The molecule has 0 unspecified atom stereocenters. The first-order valence-electron chi connectivity index (χ1n) is 7.80. The van der Waals surface area contributed by atoms with Crippen LogP contribution in [0.25, 0.3) is 0 Å². The molecule has 1 amide bonds. The summed E-state index contributed by atoms with van der Waals surface area (Å²) < 4.78 is 0. The molecule has 4 heteroatoms. The molecule has 1 N–H and O–H groups in total. The molecule has 0 radical (unpaired) electrons. The van der Waals surface area contributed by atoms with E-state index in [0.717, 1.165) is 32.7 Å². The number of hydrogen-bond donors (Lipinski definition) is 1. The molecule has 1 aromatic carbocycles. The highest BCUT2D eigenvalue weighted by Gasteiger charge is 2.32. The Bertz CT molecular complexity index is 491. The molecule has 0 aromatic heterocycles. The molecule has 0 bridgehead atoms. The van der Waals surface area contributed by atoms with Gasteiger partial charge in [0.05, 0.1) is 5.54 Å². The Labute approximate surface area is 128 Å². The second-order valence-corrected chi connectivity index (χ2v) is 6.27. The number of anilines is 1. The van der Waals surface area contributed by atoms with Crippen LogP contribution in [-0.4, -0.2) is 49.1 Å². The number of carbonyl (C=O) groups is 1. The number of rotatable bonds is 4. The monoisotopic (exact) mass is 289 g/mol. The molecular weight excluding hydrogens is 262 g/mol. The van der Waals surface area contributed by atoms with Crippen LogP contribution in [0.5, 0.6) is 0 Å². The highest BCUT2D eigenvalue weighted by Crippen LogP contribution is 2.19. The third-order valence-electron chi connectivity index (χ3n) is 4.09. The number of amides is 1. The predicted molar refractivity (Wildman–Crippen MR) is 87.7 cm³/mol. The van der Waals surface area contributed by atoms with E-state index in [0.29, 0.717) is 0 Å². The van der Waals surface area contributed by atoms with Gasteiger partial charge in [0.2, 0.25) is 5.91 Å². The minimum absolute atomic E-state index is 0.202. The summed E-state index contributed by atoms with van der Waals surface area (Å²) in [4.78, 5) is 16.9. The predicted octanol–water partition coefficient (Wildman–Crippen LogP) is 2.03. The summed E-state index contributed by atoms with van der Waals surface area (Å²) in [5, 5.41) is 3.26. The van der Waals surface area contributed by atoms with Gasteiger partial charge in [0.25, 0.3) is 0 Å². The average Bonchev–Trinajstić information content (AvgIpc) is 2.46. The fraction of sp³-hybridized carbons (Fsp3) is 0.588. The number of piperazine rings is 1. The van der Waals surface area contributed by atoms with Crippen LogP contribution in [0.3, 0.4) is 0 Å². The van der Waals surface area contributed by atoms with Crippen molar-refractivity contribution in [2.45, 2.75) is 33.2 Å². The topological polar surface area (TPSA) is 35.6 Å². The maximum atomic E-state index is 12.6. The van der Waals surface area contributed by atoms with Crippen molar-refractivity contribution in [1.29, 1.82) is 0 Å². The Balaban J connectivity index is 1.96. The van der Waals surface area contributed by atoms with Crippen molar-refractivity contribution in [3.8, 4) is 0 Å². The molecule has 0 saturated carbocycles. The van der Waals surface area contributed by atoms with E-state index in [-0.39, 0.29) is 5.91 Å². The van der Waals surface area contributed by atoms with Crippen LogP contribution >= 0.6 is 0 Å². The number of likely N-dealkylation sites (N-methyl/N-ethyl adjacent to an activating group) is 1. The van der Waals surface area contributed by atoms with E-state index >= 15 is 0 Å². The van der Waals surface area contributed by atoms with Crippen LogP contribution in [0.2, 0.25) is 0 Å². The number of nitrogens with one attached hydrogen (secondary N) is 1. The van der Waals surface area contributed by atoms with Crippen LogP contribution in [-0.2, 0) is 4.79 Å². The van der Waals surface area contributed by atoms with Crippen molar-refractivity contribution < 1.29 is 4.79 Å². The number of nitrogens with zero attached hydrogens (tertiary/aromatic N) is 2. The van der Waals surface area contributed by atoms with Crippen LogP contribution in [0, 0.1) is 6.92 Å². The molecule has 2 rings (SSSR count). The van der Waals surface area contributed by atoms with Gasteiger partial charge in [-0.15, -0.1) is 0 Å². The van der Waals surface area contributed by atoms with Gasteiger partial charge in [-0.05, 0) is 45.0 Å². The highest BCUT2D eigenvalue weighted by molar-refractivity contribution is 5.85. The van der Waals surface area contributed by atoms with Crippen LogP contribution < -0.4 is 10.2 Å². The number of aryl methyl sites for hydroxylation is 1. The van der Waals surface area contributed by atoms with E-state index in [9.17, 15) is 4.79 Å². The van der Waals surface area contributed by atoms with E-state index in [4.69, 9.17) is 0 Å². The average molecular weight is 289 g/mol. The van der Waals surface area contributed by atoms with Gasteiger partial charge in [-0.25, -0.2) is 0 Å². The summed E-state index contributed by atoms with van der Waals surface area (Å²) in [6.07, 6.45) is 0. The van der Waals surface area contributed by atoms with Gasteiger partial charge < -0.3 is 15.1 Å². The van der Waals surface area contributed by atoms with E-state index in [1.807, 2.05) is 25.7 Å². The third kappa shape index (κ3) is 3.76. The second-order valence-electron chi connectivity index (χ2n) is 6.27. The third-order valence-corrected chi connectivity index (χ3v) is 4.09. The van der Waals surface area contributed by atoms with E-state index in [1.54, 1.807) is 0 Å². The lowest BCUT2D eigenvalue weighted by molar-refractivity contribution is -0.137. The lowest BCUT2D eigenvalue weighted by Crippen LogP contribution is -2.58. The van der Waals surface area contributed by atoms with Gasteiger partial charge in [0.15, 0.2) is 0 Å². The molecule has 1 heterocycles. The quantitative estimate of drug-likeness (QED) is 0.921.